The second-order valence-corrected chi connectivity index (χ2v) is 12.8. The molecule has 3 nitrogen and oxygen atoms in total. The van der Waals surface area contributed by atoms with Gasteiger partial charge >= 0.3 is 0 Å². The van der Waals surface area contributed by atoms with Gasteiger partial charge in [0, 0.05) is 23.3 Å². The normalized spacial score (nSPS) is 16.2. The van der Waals surface area contributed by atoms with Crippen molar-refractivity contribution in [2.75, 3.05) is 10.2 Å². The fourth-order valence-corrected chi connectivity index (χ4v) is 8.23. The molecular formula is C45H31N3. The molecule has 1 aliphatic carbocycles. The number of benzene rings is 6. The van der Waals surface area contributed by atoms with Crippen LogP contribution in [-0.2, 0) is 5.41 Å². The van der Waals surface area contributed by atoms with Gasteiger partial charge in [0.05, 0.1) is 22.3 Å². The highest BCUT2D eigenvalue weighted by molar-refractivity contribution is 5.96. The van der Waals surface area contributed by atoms with Crippen molar-refractivity contribution in [2.24, 2.45) is 0 Å². The smallest absolute Gasteiger partial charge is 0.123 e. The zero-order valence-electron chi connectivity index (χ0n) is 26.2. The number of pyridine rings is 1. The number of fused-ring (bicyclic) bond motifs is 7. The summed E-state index contributed by atoms with van der Waals surface area (Å²) in [6.45, 7) is 0. The Kier molecular flexibility index (Phi) is 5.85. The van der Waals surface area contributed by atoms with Crippen LogP contribution in [0.25, 0.3) is 44.3 Å². The summed E-state index contributed by atoms with van der Waals surface area (Å²) in [6, 6.07) is 53.6. The second kappa shape index (κ2) is 10.4. The molecule has 0 fully saturated rings. The highest BCUT2D eigenvalue weighted by Gasteiger charge is 2.46. The van der Waals surface area contributed by atoms with Crippen LogP contribution in [0.1, 0.15) is 22.3 Å². The van der Waals surface area contributed by atoms with E-state index in [-0.39, 0.29) is 6.17 Å². The summed E-state index contributed by atoms with van der Waals surface area (Å²) >= 11 is 0. The quantitative estimate of drug-likeness (QED) is 0.214. The summed E-state index contributed by atoms with van der Waals surface area (Å²) in [4.78, 5) is 7.11. The number of aromatic nitrogens is 1. The Bertz CT molecular complexity index is 2400. The van der Waals surface area contributed by atoms with E-state index < -0.39 is 5.41 Å². The second-order valence-electron chi connectivity index (χ2n) is 12.8. The summed E-state index contributed by atoms with van der Waals surface area (Å²) < 4.78 is 0. The van der Waals surface area contributed by atoms with Crippen LogP contribution in [0.15, 0.2) is 176 Å². The fourth-order valence-electron chi connectivity index (χ4n) is 8.23. The van der Waals surface area contributed by atoms with Crippen molar-refractivity contribution in [2.45, 2.75) is 11.6 Å². The largest absolute Gasteiger partial charge is 0.360 e. The van der Waals surface area contributed by atoms with Crippen molar-refractivity contribution >= 4 is 22.3 Å². The van der Waals surface area contributed by atoms with Gasteiger partial charge in [-0.05, 0) is 92.6 Å². The van der Waals surface area contributed by atoms with Crippen molar-refractivity contribution in [3.8, 4) is 33.4 Å². The fraction of sp³-hybridized carbons (Fsp3) is 0.0444. The van der Waals surface area contributed by atoms with Gasteiger partial charge in [0.1, 0.15) is 6.17 Å². The lowest BCUT2D eigenvalue weighted by molar-refractivity contribution is 0.769. The molecule has 226 valence electrons. The molecule has 1 aromatic heterocycles. The number of rotatable bonds is 4. The summed E-state index contributed by atoms with van der Waals surface area (Å²) in [5.41, 5.74) is 15.3. The third-order valence-electron chi connectivity index (χ3n) is 10.4. The van der Waals surface area contributed by atoms with Crippen LogP contribution in [0.5, 0.6) is 0 Å². The van der Waals surface area contributed by atoms with Crippen molar-refractivity contribution in [1.82, 2.24) is 4.98 Å². The lowest BCUT2D eigenvalue weighted by Crippen LogP contribution is -2.30. The maximum atomic E-state index is 4.82. The van der Waals surface area contributed by atoms with E-state index in [2.05, 4.69) is 174 Å². The number of allylic oxidation sites excluding steroid dienone is 2. The van der Waals surface area contributed by atoms with E-state index in [9.17, 15) is 0 Å². The van der Waals surface area contributed by atoms with Gasteiger partial charge in [0.25, 0.3) is 0 Å². The molecule has 6 aromatic carbocycles. The van der Waals surface area contributed by atoms with Gasteiger partial charge < -0.3 is 10.2 Å². The molecule has 0 radical (unpaired) electrons. The highest BCUT2D eigenvalue weighted by atomic mass is 15.3. The van der Waals surface area contributed by atoms with Crippen LogP contribution in [0.4, 0.5) is 11.4 Å². The van der Waals surface area contributed by atoms with Gasteiger partial charge in [-0.2, -0.15) is 0 Å². The lowest BCUT2D eigenvalue weighted by atomic mass is 9.67. The molecule has 7 aromatic rings. The Balaban J connectivity index is 1.22. The molecule has 0 amide bonds. The van der Waals surface area contributed by atoms with Gasteiger partial charge in [0.15, 0.2) is 0 Å². The monoisotopic (exact) mass is 613 g/mol. The maximum Gasteiger partial charge on any atom is 0.123 e. The topological polar surface area (TPSA) is 28.2 Å². The van der Waals surface area contributed by atoms with Gasteiger partial charge in [-0.15, -0.1) is 0 Å². The summed E-state index contributed by atoms with van der Waals surface area (Å²) in [5.74, 6) is 0. The Morgan fingerprint density at radius 1 is 0.562 bits per heavy atom. The van der Waals surface area contributed by atoms with Gasteiger partial charge in [-0.25, -0.2) is 0 Å². The Hall–Kier alpha value is -6.19. The minimum atomic E-state index is -0.511. The number of hydrogen-bond donors (Lipinski definition) is 1. The molecule has 48 heavy (non-hydrogen) atoms. The maximum absolute atomic E-state index is 4.82. The molecule has 0 bridgehead atoms. The van der Waals surface area contributed by atoms with Crippen LogP contribution in [0, 0.1) is 0 Å². The van der Waals surface area contributed by atoms with Crippen LogP contribution in [-0.4, -0.2) is 11.1 Å². The standard InChI is InChI=1S/C45H31N3/c1-3-13-34(14-4-1)45(35-15-5-2-6-16-35)39-27-31(32-21-24-42-41(29-32)47-43-18-7-8-26-48(42)43)19-22-37(39)38-23-20-33(28-40(38)45)36-17-9-11-30-12-10-25-46-44(30)36/h1-29,43,47H. The molecule has 0 saturated carbocycles. The third kappa shape index (κ3) is 3.85. The molecule has 0 saturated heterocycles. The Morgan fingerprint density at radius 2 is 1.23 bits per heavy atom. The molecule has 0 spiro atoms. The minimum absolute atomic E-state index is 0.157. The van der Waals surface area contributed by atoms with Crippen molar-refractivity contribution in [3.63, 3.8) is 0 Å². The minimum Gasteiger partial charge on any atom is -0.360 e. The molecule has 1 atom stereocenters. The van der Waals surface area contributed by atoms with Gasteiger partial charge in [-0.3, -0.25) is 4.98 Å². The first-order chi connectivity index (χ1) is 23.8. The predicted molar refractivity (Wildman–Crippen MR) is 198 cm³/mol. The zero-order chi connectivity index (χ0) is 31.7. The van der Waals surface area contributed by atoms with Crippen molar-refractivity contribution in [3.05, 3.63) is 198 Å². The van der Waals surface area contributed by atoms with E-state index in [0.29, 0.717) is 0 Å². The van der Waals surface area contributed by atoms with E-state index in [0.717, 1.165) is 22.2 Å². The molecule has 3 heterocycles. The molecule has 1 unspecified atom stereocenters. The van der Waals surface area contributed by atoms with Crippen LogP contribution in [0.2, 0.25) is 0 Å². The number of para-hydroxylation sites is 1. The number of anilines is 2. The molecule has 3 aliphatic rings. The van der Waals surface area contributed by atoms with E-state index in [4.69, 9.17) is 4.98 Å². The van der Waals surface area contributed by atoms with Crippen molar-refractivity contribution < 1.29 is 0 Å². The van der Waals surface area contributed by atoms with Crippen LogP contribution >= 0.6 is 0 Å². The van der Waals surface area contributed by atoms with Gasteiger partial charge in [-0.1, -0.05) is 121 Å². The summed E-state index contributed by atoms with van der Waals surface area (Å²) in [7, 11) is 0. The lowest BCUT2D eigenvalue weighted by Gasteiger charge is -2.34. The third-order valence-corrected chi connectivity index (χ3v) is 10.4. The van der Waals surface area contributed by atoms with Crippen LogP contribution < -0.4 is 10.2 Å². The Labute approximate surface area is 280 Å². The van der Waals surface area contributed by atoms with Crippen LogP contribution in [0.3, 0.4) is 0 Å². The molecule has 1 N–H and O–H groups in total. The average Bonchev–Trinajstić information content (AvgIpc) is 3.68. The molecule has 2 aliphatic heterocycles. The van der Waals surface area contributed by atoms with Crippen molar-refractivity contribution in [1.29, 1.82) is 0 Å². The SMILES string of the molecule is C1=CC2Nc3cc(-c4ccc5c(c4)C(c4ccccc4)(c4ccccc4)c4cc(-c6cccc7cccnc67)ccc4-5)ccc3N2C=C1. The molecule has 3 heteroatoms. The first kappa shape index (κ1) is 27.0. The zero-order valence-corrected chi connectivity index (χ0v) is 26.2. The first-order valence-corrected chi connectivity index (χ1v) is 16.6. The summed E-state index contributed by atoms with van der Waals surface area (Å²) in [5, 5.41) is 4.84. The van der Waals surface area contributed by atoms with E-state index in [1.807, 2.05) is 12.3 Å². The predicted octanol–water partition coefficient (Wildman–Crippen LogP) is 10.6. The molecule has 10 rings (SSSR count). The number of nitrogens with one attached hydrogen (secondary N) is 1. The van der Waals surface area contributed by atoms with E-state index in [1.165, 1.54) is 55.8 Å². The molecular weight excluding hydrogens is 583 g/mol. The first-order valence-electron chi connectivity index (χ1n) is 16.6. The summed E-state index contributed by atoms with van der Waals surface area (Å²) in [6.07, 6.45) is 10.6. The number of hydrogen-bond acceptors (Lipinski definition) is 3. The van der Waals surface area contributed by atoms with Gasteiger partial charge in [0.2, 0.25) is 0 Å². The van der Waals surface area contributed by atoms with E-state index in [1.54, 1.807) is 0 Å². The highest BCUT2D eigenvalue weighted by Crippen LogP contribution is 2.57. The number of nitrogens with zero attached hydrogens (tertiary/aromatic N) is 2. The van der Waals surface area contributed by atoms with E-state index >= 15 is 0 Å². The Morgan fingerprint density at radius 3 is 2.00 bits per heavy atom. The average molecular weight is 614 g/mol.